The van der Waals surface area contributed by atoms with Crippen molar-refractivity contribution < 1.29 is 19.8 Å². The molecule has 1 saturated heterocycles. The van der Waals surface area contributed by atoms with Crippen molar-refractivity contribution >= 4 is 11.8 Å². The average Bonchev–Trinajstić information content (AvgIpc) is 3.71. The van der Waals surface area contributed by atoms with Gasteiger partial charge in [-0.3, -0.25) is 14.5 Å². The summed E-state index contributed by atoms with van der Waals surface area (Å²) in [4.78, 5) is 31.5. The van der Waals surface area contributed by atoms with Crippen LogP contribution >= 0.6 is 0 Å². The van der Waals surface area contributed by atoms with E-state index in [2.05, 4.69) is 24.1 Å². The monoisotopic (exact) mass is 647 g/mol. The van der Waals surface area contributed by atoms with Gasteiger partial charge in [-0.25, -0.2) is 0 Å². The van der Waals surface area contributed by atoms with Crippen LogP contribution < -0.4 is 5.32 Å². The molecule has 0 unspecified atom stereocenters. The molecule has 1 aliphatic heterocycles. The fraction of sp³-hybridized carbons (Fsp3) is 0.800. The first kappa shape index (κ1) is 33.5. The molecule has 1 heterocycles. The highest BCUT2D eigenvalue weighted by molar-refractivity contribution is 5.88. The number of carbonyl (C=O) groups excluding carboxylic acids is 2. The predicted octanol–water partition coefficient (Wildman–Crippen LogP) is 5.57. The van der Waals surface area contributed by atoms with Gasteiger partial charge in [0.1, 0.15) is 6.04 Å². The highest BCUT2D eigenvalue weighted by Crippen LogP contribution is 2.66. The highest BCUT2D eigenvalue weighted by atomic mass is 16.3. The Balaban J connectivity index is 0.986. The number of hydrogen-bond acceptors (Lipinski definition) is 5. The van der Waals surface area contributed by atoms with Crippen molar-refractivity contribution in [1.29, 1.82) is 0 Å². The van der Waals surface area contributed by atoms with E-state index in [9.17, 15) is 19.8 Å². The zero-order valence-corrected chi connectivity index (χ0v) is 29.1. The Kier molecular flexibility index (Phi) is 9.81. The van der Waals surface area contributed by atoms with Crippen LogP contribution in [-0.2, 0) is 16.0 Å². The van der Waals surface area contributed by atoms with Gasteiger partial charge in [0.2, 0.25) is 11.8 Å². The summed E-state index contributed by atoms with van der Waals surface area (Å²) in [7, 11) is 0. The normalized spacial score (nSPS) is 39.9. The lowest BCUT2D eigenvalue weighted by molar-refractivity contribution is -0.157. The SMILES string of the molecule is C[C@]12C[C@H](N3CCN(C(=O)[C@H](Cc4ccccc4)NC(=O)CCC4CCCC4)CC3)[C@@H](O)C[C@@H]1CC[C@@H]1[C@@H]2CC[C@]2(C)[C@@H](O)CC[C@@H]12. The first-order valence-electron chi connectivity index (χ1n) is 19.4. The standard InChI is InChI=1S/C40H61N3O4/c1-39-19-18-32-30(31(39)15-16-36(39)45)14-13-29-25-35(44)34(26-40(29,32)2)42-20-22-43(23-21-42)38(47)33(24-28-10-4-3-5-11-28)41-37(46)17-12-27-8-6-7-9-27/h3-5,10-11,27,29-36,44-45H,6-9,12-26H2,1-2H3,(H,41,46)/t29-,30-,31-,32-,33-,34-,35-,36-,39-,40-/m0/s1. The minimum absolute atomic E-state index is 0.00105. The lowest BCUT2D eigenvalue weighted by Crippen LogP contribution is -2.63. The number of amides is 2. The number of hydrogen-bond donors (Lipinski definition) is 3. The Bertz CT molecular complexity index is 1250. The number of aliphatic hydroxyl groups is 2. The maximum absolute atomic E-state index is 14.0. The molecule has 5 saturated carbocycles. The second-order valence-corrected chi connectivity index (χ2v) is 17.2. The van der Waals surface area contributed by atoms with Crippen molar-refractivity contribution in [3.05, 3.63) is 35.9 Å². The number of benzene rings is 1. The lowest BCUT2D eigenvalue weighted by atomic mass is 9.44. The molecular weight excluding hydrogens is 586 g/mol. The molecule has 0 bridgehead atoms. The molecule has 10 atom stereocenters. The summed E-state index contributed by atoms with van der Waals surface area (Å²) in [5.74, 6) is 3.27. The van der Waals surface area contributed by atoms with Crippen LogP contribution in [0.25, 0.3) is 0 Å². The van der Waals surface area contributed by atoms with Crippen LogP contribution in [0.2, 0.25) is 0 Å². The molecule has 0 radical (unpaired) electrons. The van der Waals surface area contributed by atoms with Gasteiger partial charge in [0, 0.05) is 45.1 Å². The van der Waals surface area contributed by atoms with Gasteiger partial charge in [-0.05, 0) is 104 Å². The fourth-order valence-electron chi connectivity index (χ4n) is 12.1. The highest BCUT2D eigenvalue weighted by Gasteiger charge is 2.61. The zero-order chi connectivity index (χ0) is 32.8. The van der Waals surface area contributed by atoms with Crippen LogP contribution in [0.1, 0.15) is 109 Å². The van der Waals surface area contributed by atoms with E-state index in [1.165, 1.54) is 51.4 Å². The third-order valence-electron chi connectivity index (χ3n) is 14.9. The molecule has 0 spiro atoms. The molecular formula is C40H61N3O4. The smallest absolute Gasteiger partial charge is 0.245 e. The quantitative estimate of drug-likeness (QED) is 0.343. The maximum Gasteiger partial charge on any atom is 0.245 e. The van der Waals surface area contributed by atoms with Crippen molar-refractivity contribution in [3.63, 3.8) is 0 Å². The van der Waals surface area contributed by atoms with Crippen molar-refractivity contribution in [1.82, 2.24) is 15.1 Å². The molecule has 3 N–H and O–H groups in total. The average molecular weight is 648 g/mol. The summed E-state index contributed by atoms with van der Waals surface area (Å²) in [6.07, 6.45) is 15.4. The Morgan fingerprint density at radius 2 is 1.62 bits per heavy atom. The number of nitrogens with zero attached hydrogens (tertiary/aromatic N) is 2. The molecule has 7 heteroatoms. The number of nitrogens with one attached hydrogen (secondary N) is 1. The predicted molar refractivity (Wildman–Crippen MR) is 184 cm³/mol. The second-order valence-electron chi connectivity index (χ2n) is 17.2. The minimum atomic E-state index is -0.551. The van der Waals surface area contributed by atoms with Crippen LogP contribution in [-0.4, -0.2) is 82.3 Å². The maximum atomic E-state index is 14.0. The van der Waals surface area contributed by atoms with Crippen molar-refractivity contribution in [2.75, 3.05) is 26.2 Å². The molecule has 6 aliphatic rings. The van der Waals surface area contributed by atoms with Gasteiger partial charge < -0.3 is 20.4 Å². The van der Waals surface area contributed by atoms with Gasteiger partial charge in [0.15, 0.2) is 0 Å². The molecule has 260 valence electrons. The minimum Gasteiger partial charge on any atom is -0.393 e. The topological polar surface area (TPSA) is 93.1 Å². The first-order valence-corrected chi connectivity index (χ1v) is 19.4. The van der Waals surface area contributed by atoms with Crippen molar-refractivity contribution in [2.24, 2.45) is 40.4 Å². The van der Waals surface area contributed by atoms with Crippen LogP contribution in [0, 0.1) is 40.4 Å². The van der Waals surface area contributed by atoms with Gasteiger partial charge in [0.25, 0.3) is 0 Å². The van der Waals surface area contributed by atoms with Crippen molar-refractivity contribution in [3.8, 4) is 0 Å². The fourth-order valence-corrected chi connectivity index (χ4v) is 12.1. The summed E-state index contributed by atoms with van der Waals surface area (Å²) in [6, 6.07) is 9.64. The van der Waals surface area contributed by atoms with Gasteiger partial charge in [0.05, 0.1) is 12.2 Å². The van der Waals surface area contributed by atoms with E-state index in [0.29, 0.717) is 55.5 Å². The van der Waals surface area contributed by atoms with Crippen LogP contribution in [0.5, 0.6) is 0 Å². The number of carbonyl (C=O) groups is 2. The van der Waals surface area contributed by atoms with Crippen LogP contribution in [0.3, 0.4) is 0 Å². The van der Waals surface area contributed by atoms with Gasteiger partial charge in [-0.15, -0.1) is 0 Å². The Morgan fingerprint density at radius 3 is 2.36 bits per heavy atom. The first-order chi connectivity index (χ1) is 22.7. The summed E-state index contributed by atoms with van der Waals surface area (Å²) in [5, 5.41) is 25.6. The summed E-state index contributed by atoms with van der Waals surface area (Å²) in [5.41, 5.74) is 1.38. The largest absolute Gasteiger partial charge is 0.393 e. The summed E-state index contributed by atoms with van der Waals surface area (Å²) >= 11 is 0. The molecule has 1 aromatic rings. The molecule has 0 aromatic heterocycles. The van der Waals surface area contributed by atoms with E-state index in [4.69, 9.17) is 0 Å². The van der Waals surface area contributed by atoms with E-state index in [0.717, 1.165) is 50.8 Å². The second kappa shape index (κ2) is 13.7. The lowest BCUT2D eigenvalue weighted by Gasteiger charge is -2.62. The molecule has 7 rings (SSSR count). The van der Waals surface area contributed by atoms with Gasteiger partial charge in [-0.1, -0.05) is 69.9 Å². The Hall–Kier alpha value is -1.96. The molecule has 47 heavy (non-hydrogen) atoms. The summed E-state index contributed by atoms with van der Waals surface area (Å²) in [6.45, 7) is 7.71. The third kappa shape index (κ3) is 6.55. The van der Waals surface area contributed by atoms with Gasteiger partial charge >= 0.3 is 0 Å². The van der Waals surface area contributed by atoms with Crippen LogP contribution in [0.15, 0.2) is 30.3 Å². The number of aliphatic hydroxyl groups excluding tert-OH is 2. The van der Waals surface area contributed by atoms with Crippen molar-refractivity contribution in [2.45, 2.75) is 134 Å². The molecule has 2 amide bonds. The van der Waals surface area contributed by atoms with E-state index in [1.807, 2.05) is 35.2 Å². The van der Waals surface area contributed by atoms with E-state index >= 15 is 0 Å². The Labute approximate surface area is 283 Å². The third-order valence-corrected chi connectivity index (χ3v) is 14.9. The number of fused-ring (bicyclic) bond motifs is 5. The van der Waals surface area contributed by atoms with E-state index in [-0.39, 0.29) is 40.9 Å². The summed E-state index contributed by atoms with van der Waals surface area (Å²) < 4.78 is 0. The molecule has 5 aliphatic carbocycles. The van der Waals surface area contributed by atoms with E-state index in [1.54, 1.807) is 0 Å². The Morgan fingerprint density at radius 1 is 0.894 bits per heavy atom. The van der Waals surface area contributed by atoms with Crippen LogP contribution in [0.4, 0.5) is 0 Å². The van der Waals surface area contributed by atoms with E-state index < -0.39 is 6.04 Å². The molecule has 6 fully saturated rings. The number of piperazine rings is 1. The number of rotatable bonds is 8. The molecule has 7 nitrogen and oxygen atoms in total. The molecule has 1 aromatic carbocycles. The van der Waals surface area contributed by atoms with Gasteiger partial charge in [-0.2, -0.15) is 0 Å². The zero-order valence-electron chi connectivity index (χ0n) is 29.1.